The van der Waals surface area contributed by atoms with Crippen LogP contribution in [-0.2, 0) is 4.79 Å². The molecule has 0 rings (SSSR count). The Kier molecular flexibility index (Phi) is 12.5. The Morgan fingerprint density at radius 3 is 1.69 bits per heavy atom. The third kappa shape index (κ3) is 11.7. The molecule has 0 heterocycles. The zero-order chi connectivity index (χ0) is 12.1. The molecular formula is C15H29O. The summed E-state index contributed by atoms with van der Waals surface area (Å²) in [5, 5.41) is 0. The lowest BCUT2D eigenvalue weighted by molar-refractivity contribution is 0.498. The van der Waals surface area contributed by atoms with Gasteiger partial charge in [-0.1, -0.05) is 78.1 Å². The first-order valence-electron chi connectivity index (χ1n) is 7.19. The standard InChI is InChI=1S/C15H29O/c1-3-4-5-6-7-8-9-10-11-12-13-15(2)14-16/h15H,3-13H2,1-2H3. The molecule has 1 heteroatoms. The van der Waals surface area contributed by atoms with Crippen LogP contribution in [0.3, 0.4) is 0 Å². The van der Waals surface area contributed by atoms with E-state index in [1.807, 2.05) is 13.2 Å². The van der Waals surface area contributed by atoms with Crippen molar-refractivity contribution in [2.45, 2.75) is 84.5 Å². The fourth-order valence-electron chi connectivity index (χ4n) is 2.00. The summed E-state index contributed by atoms with van der Waals surface area (Å²) in [6.45, 7) is 4.22. The Hall–Kier alpha value is -0.330. The number of rotatable bonds is 12. The highest BCUT2D eigenvalue weighted by molar-refractivity contribution is 5.53. The lowest BCUT2D eigenvalue weighted by Gasteiger charge is -2.03. The van der Waals surface area contributed by atoms with Gasteiger partial charge >= 0.3 is 0 Å². The van der Waals surface area contributed by atoms with E-state index in [0.717, 1.165) is 6.42 Å². The molecule has 0 saturated heterocycles. The van der Waals surface area contributed by atoms with Gasteiger partial charge in [-0.3, -0.25) is 4.79 Å². The highest BCUT2D eigenvalue weighted by atomic mass is 16.1. The van der Waals surface area contributed by atoms with Crippen LogP contribution in [-0.4, -0.2) is 6.29 Å². The topological polar surface area (TPSA) is 17.1 Å². The zero-order valence-corrected chi connectivity index (χ0v) is 11.3. The van der Waals surface area contributed by atoms with Crippen molar-refractivity contribution in [3.05, 3.63) is 0 Å². The molecule has 0 aromatic rings. The van der Waals surface area contributed by atoms with Gasteiger partial charge in [0, 0.05) is 5.92 Å². The number of carbonyl (C=O) groups excluding carboxylic acids is 1. The van der Waals surface area contributed by atoms with Gasteiger partial charge in [0.1, 0.15) is 0 Å². The van der Waals surface area contributed by atoms with E-state index in [0.29, 0.717) is 0 Å². The third-order valence-electron chi connectivity index (χ3n) is 3.19. The van der Waals surface area contributed by atoms with Gasteiger partial charge in [-0.15, -0.1) is 0 Å². The van der Waals surface area contributed by atoms with Gasteiger partial charge in [0.25, 0.3) is 0 Å². The average Bonchev–Trinajstić information content (AvgIpc) is 2.31. The van der Waals surface area contributed by atoms with Crippen molar-refractivity contribution < 1.29 is 4.79 Å². The Morgan fingerprint density at radius 1 is 0.812 bits per heavy atom. The molecule has 0 fully saturated rings. The Balaban J connectivity index is 2.96. The average molecular weight is 225 g/mol. The van der Waals surface area contributed by atoms with Crippen molar-refractivity contribution in [2.24, 2.45) is 5.92 Å². The molecule has 0 aromatic heterocycles. The number of hydrogen-bond acceptors (Lipinski definition) is 1. The van der Waals surface area contributed by atoms with Gasteiger partial charge in [0.05, 0.1) is 0 Å². The largest absolute Gasteiger partial charge is 0.291 e. The van der Waals surface area contributed by atoms with Crippen molar-refractivity contribution in [2.75, 3.05) is 0 Å². The van der Waals surface area contributed by atoms with E-state index in [2.05, 4.69) is 6.92 Å². The molecule has 0 bridgehead atoms. The van der Waals surface area contributed by atoms with E-state index in [-0.39, 0.29) is 5.92 Å². The van der Waals surface area contributed by atoms with E-state index in [9.17, 15) is 4.79 Å². The molecule has 0 aliphatic heterocycles. The summed E-state index contributed by atoms with van der Waals surface area (Å²) < 4.78 is 0. The molecule has 0 aromatic carbocycles. The smallest absolute Gasteiger partial charge is 0.201 e. The van der Waals surface area contributed by atoms with Crippen molar-refractivity contribution in [3.63, 3.8) is 0 Å². The van der Waals surface area contributed by atoms with Gasteiger partial charge in [-0.25, -0.2) is 0 Å². The van der Waals surface area contributed by atoms with Crippen molar-refractivity contribution >= 4 is 6.29 Å². The third-order valence-corrected chi connectivity index (χ3v) is 3.19. The lowest BCUT2D eigenvalue weighted by atomic mass is 10.0. The second kappa shape index (κ2) is 12.7. The molecule has 0 saturated carbocycles. The second-order valence-corrected chi connectivity index (χ2v) is 4.99. The Bertz CT molecular complexity index is 142. The molecule has 1 atom stereocenters. The van der Waals surface area contributed by atoms with Gasteiger partial charge in [-0.2, -0.15) is 0 Å². The van der Waals surface area contributed by atoms with Crippen LogP contribution >= 0.6 is 0 Å². The molecule has 0 N–H and O–H groups in total. The summed E-state index contributed by atoms with van der Waals surface area (Å²) in [5.41, 5.74) is 0. The Labute approximate surface area is 102 Å². The quantitative estimate of drug-likeness (QED) is 0.425. The van der Waals surface area contributed by atoms with Crippen LogP contribution in [0.5, 0.6) is 0 Å². The highest BCUT2D eigenvalue weighted by Gasteiger charge is 1.99. The summed E-state index contributed by atoms with van der Waals surface area (Å²) >= 11 is 0. The van der Waals surface area contributed by atoms with Crippen molar-refractivity contribution in [1.29, 1.82) is 0 Å². The molecule has 0 aliphatic rings. The first kappa shape index (κ1) is 15.7. The molecule has 0 spiro atoms. The predicted octanol–water partition coefficient (Wildman–Crippen LogP) is 5.04. The molecule has 16 heavy (non-hydrogen) atoms. The van der Waals surface area contributed by atoms with E-state index in [1.165, 1.54) is 64.2 Å². The maximum atomic E-state index is 10.3. The molecular weight excluding hydrogens is 196 g/mol. The van der Waals surface area contributed by atoms with E-state index >= 15 is 0 Å². The number of unbranched alkanes of at least 4 members (excludes halogenated alkanes) is 9. The lowest BCUT2D eigenvalue weighted by Crippen LogP contribution is -1.94. The fraction of sp³-hybridized carbons (Fsp3) is 0.933. The molecule has 0 amide bonds. The number of hydrogen-bond donors (Lipinski definition) is 0. The predicted molar refractivity (Wildman–Crippen MR) is 71.3 cm³/mol. The van der Waals surface area contributed by atoms with Crippen LogP contribution in [0.1, 0.15) is 84.5 Å². The van der Waals surface area contributed by atoms with Crippen molar-refractivity contribution in [1.82, 2.24) is 0 Å². The first-order chi connectivity index (χ1) is 7.81. The van der Waals surface area contributed by atoms with Crippen LogP contribution in [0.15, 0.2) is 0 Å². The molecule has 1 nitrogen and oxygen atoms in total. The minimum absolute atomic E-state index is 0.147. The highest BCUT2D eigenvalue weighted by Crippen LogP contribution is 2.12. The summed E-state index contributed by atoms with van der Waals surface area (Å²) in [7, 11) is 0. The summed E-state index contributed by atoms with van der Waals surface area (Å²) in [6, 6.07) is 0. The molecule has 95 valence electrons. The fourth-order valence-corrected chi connectivity index (χ4v) is 2.00. The summed E-state index contributed by atoms with van der Waals surface area (Å²) in [5.74, 6) is 0.147. The first-order valence-corrected chi connectivity index (χ1v) is 7.19. The van der Waals surface area contributed by atoms with Crippen LogP contribution < -0.4 is 0 Å². The van der Waals surface area contributed by atoms with Gasteiger partial charge in [0.2, 0.25) is 6.29 Å². The second-order valence-electron chi connectivity index (χ2n) is 4.99. The van der Waals surface area contributed by atoms with E-state index in [1.54, 1.807) is 0 Å². The van der Waals surface area contributed by atoms with Crippen LogP contribution in [0, 0.1) is 5.92 Å². The molecule has 1 unspecified atom stereocenters. The maximum absolute atomic E-state index is 10.3. The molecule has 1 radical (unpaired) electrons. The normalized spacial score (nSPS) is 12.6. The van der Waals surface area contributed by atoms with E-state index < -0.39 is 0 Å². The minimum atomic E-state index is 0.147. The minimum Gasteiger partial charge on any atom is -0.291 e. The zero-order valence-electron chi connectivity index (χ0n) is 11.3. The van der Waals surface area contributed by atoms with Gasteiger partial charge in [-0.05, 0) is 6.42 Å². The Morgan fingerprint density at radius 2 is 1.25 bits per heavy atom. The van der Waals surface area contributed by atoms with Gasteiger partial charge in [0.15, 0.2) is 0 Å². The van der Waals surface area contributed by atoms with Crippen molar-refractivity contribution in [3.8, 4) is 0 Å². The van der Waals surface area contributed by atoms with E-state index in [4.69, 9.17) is 0 Å². The monoisotopic (exact) mass is 225 g/mol. The van der Waals surface area contributed by atoms with Crippen LogP contribution in [0.2, 0.25) is 0 Å². The molecule has 0 aliphatic carbocycles. The summed E-state index contributed by atoms with van der Waals surface area (Å²) in [4.78, 5) is 10.3. The SMILES string of the molecule is CCCCCCCCCCCCC(C)[C]=O. The maximum Gasteiger partial charge on any atom is 0.201 e. The van der Waals surface area contributed by atoms with Gasteiger partial charge < -0.3 is 0 Å². The summed E-state index contributed by atoms with van der Waals surface area (Å²) in [6.07, 6.45) is 16.7. The van der Waals surface area contributed by atoms with Crippen LogP contribution in [0.4, 0.5) is 0 Å². The van der Waals surface area contributed by atoms with Crippen LogP contribution in [0.25, 0.3) is 0 Å².